The van der Waals surface area contributed by atoms with E-state index in [1.165, 1.54) is 28.1 Å². The standard InChI is InChI=1S/C28H27FN4O5/c29-22-9-4-8-20(12-22)25(15-27(36)37)31-28(38)21-13-26(35)32(17-21)23-10-5-11-24(14-23)33(18-34)30-16-19-6-2-1-3-7-19/h1-12,14,18,21,25,30H,13,15-17H2,(H,31,38)(H,36,37). The topological polar surface area (TPSA) is 119 Å². The molecule has 2 atom stereocenters. The van der Waals surface area contributed by atoms with Crippen molar-refractivity contribution >= 4 is 35.6 Å². The van der Waals surface area contributed by atoms with Crippen LogP contribution in [0.4, 0.5) is 15.8 Å². The molecule has 0 aliphatic carbocycles. The fraction of sp³-hybridized carbons (Fsp3) is 0.214. The SMILES string of the molecule is O=CN(NCc1ccccc1)c1cccc(N2CC(C(=O)NC(CC(=O)O)c3cccc(F)c3)CC2=O)c1. The number of halogens is 1. The van der Waals surface area contributed by atoms with Gasteiger partial charge in [0.15, 0.2) is 0 Å². The van der Waals surface area contributed by atoms with Crippen molar-refractivity contribution in [2.45, 2.75) is 25.4 Å². The Morgan fingerprint density at radius 3 is 2.55 bits per heavy atom. The number of hydrogen-bond acceptors (Lipinski definition) is 5. The Bertz CT molecular complexity index is 1320. The summed E-state index contributed by atoms with van der Waals surface area (Å²) < 4.78 is 13.7. The molecule has 3 N–H and O–H groups in total. The molecule has 3 aromatic carbocycles. The first-order valence-corrected chi connectivity index (χ1v) is 12.0. The van der Waals surface area contributed by atoms with Crippen molar-refractivity contribution in [1.29, 1.82) is 0 Å². The lowest BCUT2D eigenvalue weighted by molar-refractivity contribution is -0.138. The van der Waals surface area contributed by atoms with Crippen LogP contribution in [0.3, 0.4) is 0 Å². The average molecular weight is 519 g/mol. The van der Waals surface area contributed by atoms with E-state index in [-0.39, 0.29) is 18.9 Å². The van der Waals surface area contributed by atoms with Gasteiger partial charge in [-0.25, -0.2) is 14.8 Å². The molecular formula is C28H27FN4O5. The number of hydrazine groups is 1. The Kier molecular flexibility index (Phi) is 8.44. The molecular weight excluding hydrogens is 491 g/mol. The fourth-order valence-corrected chi connectivity index (χ4v) is 4.34. The highest BCUT2D eigenvalue weighted by Gasteiger charge is 2.36. The van der Waals surface area contributed by atoms with Crippen LogP contribution in [0.25, 0.3) is 0 Å². The number of anilines is 2. The molecule has 1 aliphatic heterocycles. The molecule has 38 heavy (non-hydrogen) atoms. The van der Waals surface area contributed by atoms with E-state index in [9.17, 15) is 28.7 Å². The number of benzene rings is 3. The van der Waals surface area contributed by atoms with Crippen molar-refractivity contribution in [1.82, 2.24) is 10.7 Å². The van der Waals surface area contributed by atoms with E-state index in [1.807, 2.05) is 30.3 Å². The summed E-state index contributed by atoms with van der Waals surface area (Å²) in [7, 11) is 0. The number of amides is 3. The predicted molar refractivity (Wildman–Crippen MR) is 138 cm³/mol. The molecule has 3 aromatic rings. The molecule has 0 aromatic heterocycles. The summed E-state index contributed by atoms with van der Waals surface area (Å²) in [4.78, 5) is 50.4. The van der Waals surface area contributed by atoms with E-state index in [2.05, 4.69) is 10.7 Å². The van der Waals surface area contributed by atoms with Gasteiger partial charge in [0.25, 0.3) is 0 Å². The number of rotatable bonds is 11. The lowest BCUT2D eigenvalue weighted by Crippen LogP contribution is -2.37. The molecule has 9 nitrogen and oxygen atoms in total. The van der Waals surface area contributed by atoms with Gasteiger partial charge in [0.2, 0.25) is 18.2 Å². The maximum atomic E-state index is 13.7. The van der Waals surface area contributed by atoms with Gasteiger partial charge in [-0.05, 0) is 41.5 Å². The zero-order valence-electron chi connectivity index (χ0n) is 20.4. The lowest BCUT2D eigenvalue weighted by Gasteiger charge is -2.23. The van der Waals surface area contributed by atoms with E-state index in [0.717, 1.165) is 5.56 Å². The van der Waals surface area contributed by atoms with Crippen molar-refractivity contribution in [3.05, 3.63) is 95.8 Å². The summed E-state index contributed by atoms with van der Waals surface area (Å²) in [6, 6.07) is 20.8. The molecule has 1 fully saturated rings. The van der Waals surface area contributed by atoms with E-state index >= 15 is 0 Å². The van der Waals surface area contributed by atoms with Crippen LogP contribution in [0.1, 0.15) is 30.0 Å². The van der Waals surface area contributed by atoms with Gasteiger partial charge < -0.3 is 15.3 Å². The highest BCUT2D eigenvalue weighted by molar-refractivity contribution is 6.01. The fourth-order valence-electron chi connectivity index (χ4n) is 4.34. The number of carboxylic acids is 1. The number of carboxylic acid groups (broad SMARTS) is 1. The minimum absolute atomic E-state index is 0.0668. The van der Waals surface area contributed by atoms with E-state index in [1.54, 1.807) is 30.3 Å². The van der Waals surface area contributed by atoms with E-state index in [4.69, 9.17) is 0 Å². The number of hydrogen-bond donors (Lipinski definition) is 3. The van der Waals surface area contributed by atoms with E-state index in [0.29, 0.717) is 29.9 Å². The Balaban J connectivity index is 1.44. The molecule has 0 saturated carbocycles. The number of carbonyl (C=O) groups excluding carboxylic acids is 3. The van der Waals surface area contributed by atoms with Gasteiger partial charge in [-0.1, -0.05) is 48.5 Å². The first-order chi connectivity index (χ1) is 18.3. The van der Waals surface area contributed by atoms with Crippen LogP contribution in [-0.4, -0.2) is 35.8 Å². The van der Waals surface area contributed by atoms with Gasteiger partial charge in [0.1, 0.15) is 5.82 Å². The second kappa shape index (κ2) is 12.1. The van der Waals surface area contributed by atoms with Gasteiger partial charge in [-0.2, -0.15) is 0 Å². The second-order valence-electron chi connectivity index (χ2n) is 8.94. The lowest BCUT2D eigenvalue weighted by atomic mass is 10.0. The summed E-state index contributed by atoms with van der Waals surface area (Å²) in [5.74, 6) is -3.20. The minimum Gasteiger partial charge on any atom is -0.481 e. The van der Waals surface area contributed by atoms with Crippen LogP contribution in [0.2, 0.25) is 0 Å². The first-order valence-electron chi connectivity index (χ1n) is 12.0. The molecule has 4 rings (SSSR count). The predicted octanol–water partition coefficient (Wildman–Crippen LogP) is 3.18. The summed E-state index contributed by atoms with van der Waals surface area (Å²) >= 11 is 0. The third-order valence-corrected chi connectivity index (χ3v) is 6.26. The minimum atomic E-state index is -1.15. The normalized spacial score (nSPS) is 15.7. The third-order valence-electron chi connectivity index (χ3n) is 6.26. The molecule has 3 amide bonds. The zero-order chi connectivity index (χ0) is 27.1. The highest BCUT2D eigenvalue weighted by atomic mass is 19.1. The maximum Gasteiger partial charge on any atom is 0.305 e. The van der Waals surface area contributed by atoms with Gasteiger partial charge >= 0.3 is 5.97 Å². The molecule has 0 bridgehead atoms. The van der Waals surface area contributed by atoms with Crippen LogP contribution in [0.15, 0.2) is 78.9 Å². The van der Waals surface area contributed by atoms with Crippen molar-refractivity contribution in [3.8, 4) is 0 Å². The molecule has 1 saturated heterocycles. The molecule has 10 heteroatoms. The van der Waals surface area contributed by atoms with Crippen LogP contribution in [0, 0.1) is 11.7 Å². The summed E-state index contributed by atoms with van der Waals surface area (Å²) in [5.41, 5.74) is 5.38. The van der Waals surface area contributed by atoms with Gasteiger partial charge in [-0.15, -0.1) is 0 Å². The Morgan fingerprint density at radius 2 is 1.84 bits per heavy atom. The molecule has 0 radical (unpaired) electrons. The summed E-state index contributed by atoms with van der Waals surface area (Å²) in [5, 5.41) is 13.3. The molecule has 1 heterocycles. The van der Waals surface area contributed by atoms with E-state index < -0.39 is 36.1 Å². The Morgan fingerprint density at radius 1 is 1.08 bits per heavy atom. The summed E-state index contributed by atoms with van der Waals surface area (Å²) in [6.07, 6.45) is 0.140. The Labute approximate surface area is 218 Å². The molecule has 2 unspecified atom stereocenters. The van der Waals surface area contributed by atoms with Crippen molar-refractivity contribution in [2.75, 3.05) is 16.5 Å². The van der Waals surface area contributed by atoms with Gasteiger partial charge in [-0.3, -0.25) is 19.2 Å². The molecule has 1 aliphatic rings. The largest absolute Gasteiger partial charge is 0.481 e. The van der Waals surface area contributed by atoms with Gasteiger partial charge in [0, 0.05) is 25.2 Å². The van der Waals surface area contributed by atoms with Crippen molar-refractivity contribution < 1.29 is 28.7 Å². The van der Waals surface area contributed by atoms with Gasteiger partial charge in [0.05, 0.1) is 24.1 Å². The van der Waals surface area contributed by atoms with Crippen LogP contribution in [0.5, 0.6) is 0 Å². The summed E-state index contributed by atoms with van der Waals surface area (Å²) in [6.45, 7) is 0.493. The number of nitrogens with zero attached hydrogens (tertiary/aromatic N) is 2. The second-order valence-corrected chi connectivity index (χ2v) is 8.94. The zero-order valence-corrected chi connectivity index (χ0v) is 20.4. The average Bonchev–Trinajstić information content (AvgIpc) is 3.31. The van der Waals surface area contributed by atoms with Crippen LogP contribution in [-0.2, 0) is 25.7 Å². The third kappa shape index (κ3) is 6.60. The smallest absolute Gasteiger partial charge is 0.305 e. The number of nitrogens with one attached hydrogen (secondary N) is 2. The van der Waals surface area contributed by atoms with Crippen LogP contribution < -0.4 is 20.7 Å². The highest BCUT2D eigenvalue weighted by Crippen LogP contribution is 2.29. The number of aliphatic carboxylic acids is 1. The monoisotopic (exact) mass is 518 g/mol. The maximum absolute atomic E-state index is 13.7. The molecule has 196 valence electrons. The first kappa shape index (κ1) is 26.5. The quantitative estimate of drug-likeness (QED) is 0.265. The van der Waals surface area contributed by atoms with Crippen molar-refractivity contribution in [2.24, 2.45) is 5.92 Å². The molecule has 0 spiro atoms. The van der Waals surface area contributed by atoms with Crippen LogP contribution >= 0.6 is 0 Å². The van der Waals surface area contributed by atoms with Crippen molar-refractivity contribution in [3.63, 3.8) is 0 Å². The Hall–Kier alpha value is -4.57. The number of carbonyl (C=O) groups is 4.